The van der Waals surface area contributed by atoms with E-state index in [1.165, 1.54) is 16.6 Å². The number of piperazine rings is 1. The molecule has 3 heterocycles. The molecule has 0 N–H and O–H groups in total. The van der Waals surface area contributed by atoms with Crippen molar-refractivity contribution < 1.29 is 9.21 Å². The van der Waals surface area contributed by atoms with Gasteiger partial charge in [-0.1, -0.05) is 48.2 Å². The number of thioether (sulfide) groups is 1. The zero-order valence-corrected chi connectivity index (χ0v) is 18.7. The number of thiophene rings is 1. The van der Waals surface area contributed by atoms with E-state index in [0.717, 1.165) is 55.0 Å². The third-order valence-corrected chi connectivity index (χ3v) is 7.23. The zero-order chi connectivity index (χ0) is 21.0. The minimum absolute atomic E-state index is 0.115. The Hall–Kier alpha value is -2.61. The van der Waals surface area contributed by atoms with Crippen molar-refractivity contribution in [3.63, 3.8) is 0 Å². The highest BCUT2D eigenvalue weighted by atomic mass is 32.2. The Morgan fingerprint density at radius 1 is 1.00 bits per heavy atom. The molecule has 1 saturated heterocycles. The highest BCUT2D eigenvalue weighted by Gasteiger charge is 2.24. The summed E-state index contributed by atoms with van der Waals surface area (Å²) in [7, 11) is 0. The van der Waals surface area contributed by atoms with Crippen molar-refractivity contribution in [1.82, 2.24) is 14.8 Å². The van der Waals surface area contributed by atoms with Crippen LogP contribution < -0.4 is 0 Å². The van der Waals surface area contributed by atoms with E-state index in [4.69, 9.17) is 4.42 Å². The van der Waals surface area contributed by atoms with E-state index >= 15 is 0 Å². The summed E-state index contributed by atoms with van der Waals surface area (Å²) in [5.41, 5.74) is 3.43. The van der Waals surface area contributed by atoms with Gasteiger partial charge in [0.05, 0.1) is 0 Å². The first-order chi connectivity index (χ1) is 15.3. The number of carbonyl (C=O) groups is 1. The molecule has 2 aromatic carbocycles. The molecule has 0 radical (unpaired) electrons. The van der Waals surface area contributed by atoms with E-state index in [0.29, 0.717) is 11.0 Å². The molecule has 2 aromatic heterocycles. The first-order valence-corrected chi connectivity index (χ1v) is 12.2. The summed E-state index contributed by atoms with van der Waals surface area (Å²) in [6.45, 7) is 4.30. The van der Waals surface area contributed by atoms with Gasteiger partial charge in [0, 0.05) is 48.9 Å². The highest BCUT2D eigenvalue weighted by molar-refractivity contribution is 7.98. The second-order valence-electron chi connectivity index (χ2n) is 7.54. The molecule has 1 fully saturated rings. The Balaban J connectivity index is 1.23. The van der Waals surface area contributed by atoms with Crippen molar-refractivity contribution >= 4 is 40.1 Å². The molecule has 1 aliphatic rings. The fraction of sp³-hybridized carbons (Fsp3) is 0.250. The first kappa shape index (κ1) is 20.3. The Labute approximate surface area is 189 Å². The van der Waals surface area contributed by atoms with Crippen molar-refractivity contribution in [2.75, 3.05) is 26.2 Å². The minimum atomic E-state index is 0.115. The van der Waals surface area contributed by atoms with Crippen LogP contribution in [0.1, 0.15) is 20.8 Å². The van der Waals surface area contributed by atoms with Crippen LogP contribution in [0.5, 0.6) is 0 Å². The number of aromatic nitrogens is 1. The van der Waals surface area contributed by atoms with Gasteiger partial charge in [-0.15, -0.1) is 11.3 Å². The minimum Gasteiger partial charge on any atom is -0.431 e. The maximum atomic E-state index is 13.3. The molecule has 5 nitrogen and oxygen atoms in total. The summed E-state index contributed by atoms with van der Waals surface area (Å²) in [6.07, 6.45) is 0. The summed E-state index contributed by atoms with van der Waals surface area (Å²) in [6, 6.07) is 19.9. The van der Waals surface area contributed by atoms with E-state index in [2.05, 4.69) is 27.4 Å². The number of hydrogen-bond acceptors (Lipinski definition) is 6. The van der Waals surface area contributed by atoms with Crippen LogP contribution in [0, 0.1) is 0 Å². The SMILES string of the molecule is O=C(c1ccccc1CSc1nc2ccccc2o1)N1CCN(Cc2cccs2)CC1. The predicted molar refractivity (Wildman–Crippen MR) is 126 cm³/mol. The molecule has 0 bridgehead atoms. The number of carbonyl (C=O) groups excluding carboxylic acids is 1. The summed E-state index contributed by atoms with van der Waals surface area (Å²) in [5, 5.41) is 2.75. The van der Waals surface area contributed by atoms with Gasteiger partial charge < -0.3 is 9.32 Å². The quantitative estimate of drug-likeness (QED) is 0.382. The fourth-order valence-electron chi connectivity index (χ4n) is 3.81. The Morgan fingerprint density at radius 2 is 1.81 bits per heavy atom. The topological polar surface area (TPSA) is 49.6 Å². The number of para-hydroxylation sites is 2. The molecular formula is C24H23N3O2S2. The second kappa shape index (κ2) is 9.26. The van der Waals surface area contributed by atoms with E-state index in [1.54, 1.807) is 11.3 Å². The average Bonchev–Trinajstić information content (AvgIpc) is 3.47. The van der Waals surface area contributed by atoms with E-state index in [9.17, 15) is 4.79 Å². The van der Waals surface area contributed by atoms with Gasteiger partial charge in [-0.25, -0.2) is 4.98 Å². The number of amides is 1. The molecule has 0 spiro atoms. The van der Waals surface area contributed by atoms with E-state index < -0.39 is 0 Å². The van der Waals surface area contributed by atoms with Gasteiger partial charge in [-0.05, 0) is 35.2 Å². The molecule has 0 aliphatic carbocycles. The summed E-state index contributed by atoms with van der Waals surface area (Å²) < 4.78 is 5.81. The van der Waals surface area contributed by atoms with Crippen LogP contribution in [-0.2, 0) is 12.3 Å². The largest absolute Gasteiger partial charge is 0.431 e. The van der Waals surface area contributed by atoms with Gasteiger partial charge in [0.2, 0.25) is 0 Å². The number of oxazole rings is 1. The fourth-order valence-corrected chi connectivity index (χ4v) is 5.40. The van der Waals surface area contributed by atoms with Crippen LogP contribution in [-0.4, -0.2) is 46.9 Å². The molecule has 0 unspecified atom stereocenters. The smallest absolute Gasteiger partial charge is 0.257 e. The van der Waals surface area contributed by atoms with Crippen LogP contribution in [0.3, 0.4) is 0 Å². The molecule has 158 valence electrons. The van der Waals surface area contributed by atoms with Crippen molar-refractivity contribution in [2.45, 2.75) is 17.5 Å². The normalized spacial score (nSPS) is 14.9. The molecule has 31 heavy (non-hydrogen) atoms. The Kier molecular flexibility index (Phi) is 6.06. The molecule has 1 aliphatic heterocycles. The summed E-state index contributed by atoms with van der Waals surface area (Å²) in [4.78, 5) is 23.6. The summed E-state index contributed by atoms with van der Waals surface area (Å²) >= 11 is 3.31. The molecule has 0 atom stereocenters. The maximum Gasteiger partial charge on any atom is 0.257 e. The molecule has 0 saturated carbocycles. The Morgan fingerprint density at radius 3 is 2.61 bits per heavy atom. The lowest BCUT2D eigenvalue weighted by Crippen LogP contribution is -2.48. The molecule has 1 amide bonds. The third-order valence-electron chi connectivity index (χ3n) is 5.49. The van der Waals surface area contributed by atoms with Crippen molar-refractivity contribution in [1.29, 1.82) is 0 Å². The molecule has 7 heteroatoms. The van der Waals surface area contributed by atoms with Crippen molar-refractivity contribution in [3.05, 3.63) is 82.0 Å². The van der Waals surface area contributed by atoms with Crippen LogP contribution >= 0.6 is 23.1 Å². The number of hydrogen-bond donors (Lipinski definition) is 0. The third kappa shape index (κ3) is 4.69. The van der Waals surface area contributed by atoms with Gasteiger partial charge in [-0.2, -0.15) is 0 Å². The number of fused-ring (bicyclic) bond motifs is 1. The van der Waals surface area contributed by atoms with Crippen molar-refractivity contribution in [3.8, 4) is 0 Å². The number of rotatable bonds is 6. The van der Waals surface area contributed by atoms with Crippen LogP contribution in [0.15, 0.2) is 75.7 Å². The zero-order valence-electron chi connectivity index (χ0n) is 17.1. The first-order valence-electron chi connectivity index (χ1n) is 10.4. The standard InChI is InChI=1S/C24H23N3O2S2/c28-23(27-13-11-26(12-14-27)16-19-7-5-15-30-19)20-8-2-1-6-18(20)17-31-24-25-21-9-3-4-10-22(21)29-24/h1-10,15H,11-14,16-17H2. The Bertz CT molecular complexity index is 1130. The number of nitrogens with zero attached hydrogens (tertiary/aromatic N) is 3. The molecule has 4 aromatic rings. The van der Waals surface area contributed by atoms with Gasteiger partial charge in [0.25, 0.3) is 11.1 Å². The molecular weight excluding hydrogens is 426 g/mol. The van der Waals surface area contributed by atoms with Crippen molar-refractivity contribution in [2.24, 2.45) is 0 Å². The number of benzene rings is 2. The second-order valence-corrected chi connectivity index (χ2v) is 9.50. The van der Waals surface area contributed by atoms with Gasteiger partial charge >= 0.3 is 0 Å². The monoisotopic (exact) mass is 449 g/mol. The van der Waals surface area contributed by atoms with Gasteiger partial charge in [-0.3, -0.25) is 9.69 Å². The summed E-state index contributed by atoms with van der Waals surface area (Å²) in [5.74, 6) is 0.761. The van der Waals surface area contributed by atoms with Crippen LogP contribution in [0.4, 0.5) is 0 Å². The highest BCUT2D eigenvalue weighted by Crippen LogP contribution is 2.28. The average molecular weight is 450 g/mol. The van der Waals surface area contributed by atoms with E-state index in [-0.39, 0.29) is 5.91 Å². The lowest BCUT2D eigenvalue weighted by atomic mass is 10.1. The van der Waals surface area contributed by atoms with E-state index in [1.807, 2.05) is 53.4 Å². The maximum absolute atomic E-state index is 13.3. The molecule has 5 rings (SSSR count). The van der Waals surface area contributed by atoms with Gasteiger partial charge in [0.1, 0.15) is 5.52 Å². The van der Waals surface area contributed by atoms with Gasteiger partial charge in [0.15, 0.2) is 5.58 Å². The lowest BCUT2D eigenvalue weighted by molar-refractivity contribution is 0.0629. The van der Waals surface area contributed by atoms with Crippen LogP contribution in [0.25, 0.3) is 11.1 Å². The van der Waals surface area contributed by atoms with Crippen LogP contribution in [0.2, 0.25) is 0 Å². The predicted octanol–water partition coefficient (Wildman–Crippen LogP) is 5.14. The lowest BCUT2D eigenvalue weighted by Gasteiger charge is -2.34.